The Labute approximate surface area is 181 Å². The van der Waals surface area contributed by atoms with Crippen molar-refractivity contribution >= 4 is 17.5 Å². The first-order chi connectivity index (χ1) is 14.5. The highest BCUT2D eigenvalue weighted by Crippen LogP contribution is 2.34. The first-order valence-electron chi connectivity index (χ1n) is 10.5. The number of amides is 3. The van der Waals surface area contributed by atoms with Gasteiger partial charge in [-0.15, -0.1) is 0 Å². The lowest BCUT2D eigenvalue weighted by atomic mass is 9.97. The van der Waals surface area contributed by atoms with E-state index in [-0.39, 0.29) is 18.8 Å². The van der Waals surface area contributed by atoms with E-state index in [2.05, 4.69) is 16.7 Å². The number of nitrogens with one attached hydrogen (secondary N) is 2. The van der Waals surface area contributed by atoms with Crippen LogP contribution in [0.5, 0.6) is 0 Å². The van der Waals surface area contributed by atoms with Gasteiger partial charge < -0.3 is 15.5 Å². The molecule has 1 unspecified atom stereocenters. The zero-order valence-corrected chi connectivity index (χ0v) is 18.1. The van der Waals surface area contributed by atoms with Gasteiger partial charge in [0.05, 0.1) is 6.07 Å². The number of nitrogens with zero attached hydrogens (tertiary/aromatic N) is 2. The minimum atomic E-state index is -1.68. The summed E-state index contributed by atoms with van der Waals surface area (Å²) in [6.45, 7) is 5.16. The summed E-state index contributed by atoms with van der Waals surface area (Å²) in [7, 11) is 0. The highest BCUT2D eigenvalue weighted by atomic mass is 19.1. The van der Waals surface area contributed by atoms with Crippen LogP contribution in [0.4, 0.5) is 13.6 Å². The van der Waals surface area contributed by atoms with Crippen molar-refractivity contribution in [3.8, 4) is 6.07 Å². The third kappa shape index (κ3) is 5.81. The molecule has 166 valence electrons. The quantitative estimate of drug-likeness (QED) is 0.723. The summed E-state index contributed by atoms with van der Waals surface area (Å²) in [6, 6.07) is 5.38. The number of carbonyl (C=O) groups excluding carboxylic acids is 2. The summed E-state index contributed by atoms with van der Waals surface area (Å²) >= 11 is 0. The van der Waals surface area contributed by atoms with Gasteiger partial charge >= 0.3 is 6.03 Å². The summed E-state index contributed by atoms with van der Waals surface area (Å²) in [4.78, 5) is 26.9. The Hall–Kier alpha value is -2.95. The monoisotopic (exact) mass is 430 g/mol. The van der Waals surface area contributed by atoms with Crippen molar-refractivity contribution in [1.82, 2.24) is 15.5 Å². The van der Waals surface area contributed by atoms with Crippen LogP contribution < -0.4 is 10.6 Å². The molecule has 1 heterocycles. The zero-order valence-electron chi connectivity index (χ0n) is 18.1. The molecule has 0 bridgehead atoms. The van der Waals surface area contributed by atoms with Crippen molar-refractivity contribution in [3.63, 3.8) is 0 Å². The number of rotatable bonds is 6. The summed E-state index contributed by atoms with van der Waals surface area (Å²) in [5, 5.41) is 14.4. The molecule has 1 fully saturated rings. The molecule has 1 aliphatic heterocycles. The number of urea groups is 1. The fourth-order valence-corrected chi connectivity index (χ4v) is 3.63. The number of hydrogen-bond acceptors (Lipinski definition) is 3. The maximum Gasteiger partial charge on any atom is 0.318 e. The highest BCUT2D eigenvalue weighted by molar-refractivity contribution is 5.88. The smallest absolute Gasteiger partial charge is 0.318 e. The van der Waals surface area contributed by atoms with Gasteiger partial charge in [-0.3, -0.25) is 4.79 Å². The van der Waals surface area contributed by atoms with E-state index < -0.39 is 29.2 Å². The van der Waals surface area contributed by atoms with E-state index in [4.69, 9.17) is 0 Å². The number of alkyl halides is 1. The van der Waals surface area contributed by atoms with Gasteiger partial charge in [-0.05, 0) is 57.7 Å². The standard InChI is InChI=1S/C23H28F2N4O2/c1-15-4-5-18(24)17(12-15)16-6-10-29(11-7-16)21(31)27-19(13-22(2,3)25)20(30)28-23(14-26)8-9-23/h4-6,12,19H,7-11,13H2,1-3H3,(H,27,31)(H,28,30). The molecule has 2 N–H and O–H groups in total. The third-order valence-corrected chi connectivity index (χ3v) is 5.59. The predicted molar refractivity (Wildman–Crippen MR) is 113 cm³/mol. The van der Waals surface area contributed by atoms with Gasteiger partial charge in [0.25, 0.3) is 0 Å². The maximum atomic E-state index is 14.3. The van der Waals surface area contributed by atoms with E-state index in [0.717, 1.165) is 11.1 Å². The van der Waals surface area contributed by atoms with Crippen LogP contribution in [0.3, 0.4) is 0 Å². The van der Waals surface area contributed by atoms with Crippen LogP contribution in [0.25, 0.3) is 5.57 Å². The molecule has 3 rings (SSSR count). The SMILES string of the molecule is Cc1ccc(F)c(C2=CCN(C(=O)NC(CC(C)(C)F)C(=O)NC3(C#N)CC3)CC2)c1. The Morgan fingerprint density at radius 3 is 2.61 bits per heavy atom. The van der Waals surface area contributed by atoms with E-state index in [0.29, 0.717) is 31.4 Å². The number of nitriles is 1. The molecular weight excluding hydrogens is 402 g/mol. The fraction of sp³-hybridized carbons (Fsp3) is 0.522. The normalized spacial score (nSPS) is 18.5. The Morgan fingerprint density at radius 1 is 1.35 bits per heavy atom. The molecule has 1 aromatic rings. The van der Waals surface area contributed by atoms with Gasteiger partial charge in [0, 0.05) is 25.1 Å². The van der Waals surface area contributed by atoms with E-state index in [1.54, 1.807) is 18.2 Å². The summed E-state index contributed by atoms with van der Waals surface area (Å²) in [5.41, 5.74) is -0.278. The number of hydrogen-bond donors (Lipinski definition) is 2. The van der Waals surface area contributed by atoms with Gasteiger partial charge in [-0.25, -0.2) is 13.6 Å². The number of halogens is 2. The minimum absolute atomic E-state index is 0.213. The molecule has 1 saturated carbocycles. The van der Waals surface area contributed by atoms with Crippen LogP contribution in [-0.4, -0.2) is 47.2 Å². The largest absolute Gasteiger partial charge is 0.336 e. The van der Waals surface area contributed by atoms with E-state index in [1.807, 2.05) is 6.92 Å². The van der Waals surface area contributed by atoms with Gasteiger partial charge in [0.1, 0.15) is 23.1 Å². The summed E-state index contributed by atoms with van der Waals surface area (Å²) in [5.74, 6) is -0.864. The number of aryl methyl sites for hydroxylation is 1. The minimum Gasteiger partial charge on any atom is -0.336 e. The van der Waals surface area contributed by atoms with Crippen LogP contribution in [0.15, 0.2) is 24.3 Å². The molecule has 0 saturated heterocycles. The van der Waals surface area contributed by atoms with E-state index in [1.165, 1.54) is 24.8 Å². The summed E-state index contributed by atoms with van der Waals surface area (Å²) < 4.78 is 28.4. The predicted octanol–water partition coefficient (Wildman–Crippen LogP) is 3.61. The Bertz CT molecular complexity index is 942. The highest BCUT2D eigenvalue weighted by Gasteiger charge is 2.46. The first-order valence-corrected chi connectivity index (χ1v) is 10.5. The van der Waals surface area contributed by atoms with Crippen molar-refractivity contribution in [2.45, 2.75) is 63.7 Å². The lowest BCUT2D eigenvalue weighted by Gasteiger charge is -2.30. The van der Waals surface area contributed by atoms with Crippen LogP contribution in [0, 0.1) is 24.1 Å². The average molecular weight is 430 g/mol. The fourth-order valence-electron chi connectivity index (χ4n) is 3.63. The van der Waals surface area contributed by atoms with Crippen LogP contribution in [0.1, 0.15) is 50.7 Å². The molecule has 31 heavy (non-hydrogen) atoms. The summed E-state index contributed by atoms with van der Waals surface area (Å²) in [6.07, 6.45) is 3.14. The van der Waals surface area contributed by atoms with Crippen LogP contribution in [-0.2, 0) is 4.79 Å². The second-order valence-electron chi connectivity index (χ2n) is 9.02. The molecule has 0 spiro atoms. The topological polar surface area (TPSA) is 85.2 Å². The molecule has 1 aromatic carbocycles. The Balaban J connectivity index is 1.66. The van der Waals surface area contributed by atoms with Crippen molar-refractivity contribution in [1.29, 1.82) is 5.26 Å². The molecule has 0 aromatic heterocycles. The zero-order chi connectivity index (χ0) is 22.8. The molecule has 1 atom stereocenters. The lowest BCUT2D eigenvalue weighted by molar-refractivity contribution is -0.124. The Kier molecular flexibility index (Phi) is 6.35. The van der Waals surface area contributed by atoms with Gasteiger partial charge in [-0.2, -0.15) is 5.26 Å². The molecule has 6 nitrogen and oxygen atoms in total. The number of benzene rings is 1. The number of carbonyl (C=O) groups is 2. The molecular formula is C23H28F2N4O2. The molecule has 3 amide bonds. The van der Waals surface area contributed by atoms with E-state index >= 15 is 0 Å². The van der Waals surface area contributed by atoms with Crippen molar-refractivity contribution in [3.05, 3.63) is 41.2 Å². The van der Waals surface area contributed by atoms with Crippen molar-refractivity contribution in [2.24, 2.45) is 0 Å². The van der Waals surface area contributed by atoms with Gasteiger partial charge in [-0.1, -0.05) is 17.7 Å². The maximum absolute atomic E-state index is 14.3. The van der Waals surface area contributed by atoms with Crippen LogP contribution in [0.2, 0.25) is 0 Å². The second-order valence-corrected chi connectivity index (χ2v) is 9.02. The van der Waals surface area contributed by atoms with Crippen LogP contribution >= 0.6 is 0 Å². The molecule has 8 heteroatoms. The van der Waals surface area contributed by atoms with Gasteiger partial charge in [0.15, 0.2) is 0 Å². The lowest BCUT2D eigenvalue weighted by Crippen LogP contribution is -2.55. The van der Waals surface area contributed by atoms with Crippen molar-refractivity contribution < 1.29 is 18.4 Å². The van der Waals surface area contributed by atoms with Gasteiger partial charge in [0.2, 0.25) is 5.91 Å². The van der Waals surface area contributed by atoms with E-state index in [9.17, 15) is 23.6 Å². The molecule has 2 aliphatic rings. The third-order valence-electron chi connectivity index (χ3n) is 5.59. The first kappa shape index (κ1) is 22.7. The second kappa shape index (κ2) is 8.66. The molecule has 1 aliphatic carbocycles. The molecule has 0 radical (unpaired) electrons. The van der Waals surface area contributed by atoms with Crippen molar-refractivity contribution in [2.75, 3.05) is 13.1 Å². The average Bonchev–Trinajstić information content (AvgIpc) is 3.48. The Morgan fingerprint density at radius 2 is 2.06 bits per heavy atom.